The normalized spacial score (nSPS) is 15.8. The molecule has 2 saturated heterocycles. The third-order valence-electron chi connectivity index (χ3n) is 8.83. The van der Waals surface area contributed by atoms with Crippen molar-refractivity contribution in [1.29, 1.82) is 5.26 Å². The Bertz CT molecular complexity index is 1580. The van der Waals surface area contributed by atoms with Crippen LogP contribution in [0.15, 0.2) is 30.3 Å². The molecule has 16 nitrogen and oxygen atoms in total. The monoisotopic (exact) mass is 746 g/mol. The van der Waals surface area contributed by atoms with Gasteiger partial charge in [0, 0.05) is 58.4 Å². The molecule has 0 bridgehead atoms. The minimum absolute atomic E-state index is 0.0187. The highest BCUT2D eigenvalue weighted by Gasteiger charge is 2.40. The number of nitrogens with zero attached hydrogens (tertiary/aromatic N) is 5. The standard InChI is InChI=1S/C34H45F3N10O6/c35-34(36,37)31-44-27(21-28(45-31)47-18-10-26(47)30(50)39-11-5-23-1-3-25(22-38)4-2-23)46-16-8-24(9-17-46)6-12-40-32(51)42-14-19-53-20-15-43-33(52)41-13-7-29(48)49/h1-4,21,24,26H,5-20H2,(H,39,50)(H,48,49)(H2,40,42,51)(H2,41,43,52)/t26-/m0/s1. The van der Waals surface area contributed by atoms with Crippen LogP contribution in [0.1, 0.15) is 49.1 Å². The molecule has 0 spiro atoms. The van der Waals surface area contributed by atoms with E-state index in [9.17, 15) is 32.3 Å². The number of nitriles is 1. The first-order valence-electron chi connectivity index (χ1n) is 17.5. The van der Waals surface area contributed by atoms with Gasteiger partial charge in [-0.05, 0) is 55.7 Å². The van der Waals surface area contributed by atoms with Gasteiger partial charge in [0.1, 0.15) is 17.7 Å². The second kappa shape index (κ2) is 20.0. The molecule has 53 heavy (non-hydrogen) atoms. The number of alkyl halides is 3. The number of carboxylic acids is 1. The van der Waals surface area contributed by atoms with Crippen LogP contribution in [-0.4, -0.2) is 111 Å². The van der Waals surface area contributed by atoms with Crippen LogP contribution in [-0.2, 0) is 26.9 Å². The predicted molar refractivity (Wildman–Crippen MR) is 186 cm³/mol. The number of hydrogen-bond acceptors (Lipinski definition) is 10. The number of piperidine rings is 1. The van der Waals surface area contributed by atoms with Gasteiger partial charge < -0.3 is 46.2 Å². The molecule has 1 aromatic heterocycles. The Morgan fingerprint density at radius 3 is 2.06 bits per heavy atom. The number of aromatic nitrogens is 2. The van der Waals surface area contributed by atoms with E-state index in [4.69, 9.17) is 15.1 Å². The van der Waals surface area contributed by atoms with E-state index in [0.717, 1.165) is 5.56 Å². The fourth-order valence-corrected chi connectivity index (χ4v) is 5.81. The zero-order valence-corrected chi connectivity index (χ0v) is 29.2. The Kier molecular flexibility index (Phi) is 15.3. The lowest BCUT2D eigenvalue weighted by molar-refractivity contribution is -0.144. The van der Waals surface area contributed by atoms with E-state index in [1.165, 1.54) is 6.07 Å². The molecular weight excluding hydrogens is 701 g/mol. The number of urea groups is 2. The van der Waals surface area contributed by atoms with E-state index in [0.29, 0.717) is 70.4 Å². The van der Waals surface area contributed by atoms with E-state index >= 15 is 0 Å². The van der Waals surface area contributed by atoms with E-state index in [2.05, 4.69) is 42.6 Å². The van der Waals surface area contributed by atoms with Crippen LogP contribution in [0.5, 0.6) is 0 Å². The molecule has 0 radical (unpaired) electrons. The third-order valence-corrected chi connectivity index (χ3v) is 8.83. The molecule has 2 aliphatic rings. The van der Waals surface area contributed by atoms with Gasteiger partial charge in [0.2, 0.25) is 11.7 Å². The maximum atomic E-state index is 13.9. The van der Waals surface area contributed by atoms with Gasteiger partial charge in [-0.1, -0.05) is 12.1 Å². The lowest BCUT2D eigenvalue weighted by Gasteiger charge is -2.41. The van der Waals surface area contributed by atoms with Crippen molar-refractivity contribution in [2.45, 2.75) is 50.7 Å². The highest BCUT2D eigenvalue weighted by atomic mass is 19.4. The van der Waals surface area contributed by atoms with Gasteiger partial charge in [-0.25, -0.2) is 19.6 Å². The molecule has 2 aromatic rings. The van der Waals surface area contributed by atoms with Crippen LogP contribution in [0.3, 0.4) is 0 Å². The topological polar surface area (TPSA) is 214 Å². The molecule has 1 aromatic carbocycles. The fraction of sp³-hybridized carbons (Fsp3) is 0.559. The van der Waals surface area contributed by atoms with Gasteiger partial charge in [0.15, 0.2) is 0 Å². The molecule has 0 saturated carbocycles. The molecule has 2 fully saturated rings. The largest absolute Gasteiger partial charge is 0.481 e. The van der Waals surface area contributed by atoms with Crippen molar-refractivity contribution < 1.29 is 42.2 Å². The number of carbonyl (C=O) groups excluding carboxylic acids is 3. The van der Waals surface area contributed by atoms with Gasteiger partial charge in [-0.15, -0.1) is 0 Å². The van der Waals surface area contributed by atoms with Crippen molar-refractivity contribution in [2.24, 2.45) is 5.92 Å². The molecule has 2 aliphatic heterocycles. The van der Waals surface area contributed by atoms with E-state index < -0.39 is 30.0 Å². The lowest BCUT2D eigenvalue weighted by Crippen LogP contribution is -2.57. The van der Waals surface area contributed by atoms with Crippen molar-refractivity contribution in [3.63, 3.8) is 0 Å². The van der Waals surface area contributed by atoms with Gasteiger partial charge in [0.25, 0.3) is 0 Å². The minimum atomic E-state index is -4.77. The van der Waals surface area contributed by atoms with E-state index in [1.807, 2.05) is 12.1 Å². The lowest BCUT2D eigenvalue weighted by atomic mass is 9.93. The summed E-state index contributed by atoms with van der Waals surface area (Å²) in [5.74, 6) is -2.10. The molecule has 0 aliphatic carbocycles. The molecule has 1 atom stereocenters. The predicted octanol–water partition coefficient (Wildman–Crippen LogP) is 2.00. The number of aliphatic carboxylic acids is 1. The van der Waals surface area contributed by atoms with Gasteiger partial charge in [0.05, 0.1) is 31.3 Å². The summed E-state index contributed by atoms with van der Waals surface area (Å²) in [5, 5.41) is 30.8. The molecule has 5 amide bonds. The van der Waals surface area contributed by atoms with Crippen LogP contribution >= 0.6 is 0 Å². The van der Waals surface area contributed by atoms with Crippen molar-refractivity contribution in [3.05, 3.63) is 47.3 Å². The second-order valence-electron chi connectivity index (χ2n) is 12.6. The molecule has 3 heterocycles. The third kappa shape index (κ3) is 13.3. The van der Waals surface area contributed by atoms with Gasteiger partial charge in [-0.3, -0.25) is 9.59 Å². The van der Waals surface area contributed by atoms with Crippen molar-refractivity contribution in [3.8, 4) is 6.07 Å². The average Bonchev–Trinajstić information content (AvgIpc) is 3.10. The smallest absolute Gasteiger partial charge is 0.451 e. The fourth-order valence-electron chi connectivity index (χ4n) is 5.81. The number of ether oxygens (including phenoxy) is 1. The Balaban J connectivity index is 1.15. The maximum absolute atomic E-state index is 13.9. The summed E-state index contributed by atoms with van der Waals surface area (Å²) in [6.45, 7) is 3.00. The van der Waals surface area contributed by atoms with E-state index in [1.54, 1.807) is 21.9 Å². The number of hydrogen-bond donors (Lipinski definition) is 6. The summed E-state index contributed by atoms with van der Waals surface area (Å²) in [4.78, 5) is 58.0. The van der Waals surface area contributed by atoms with Crippen LogP contribution in [0.2, 0.25) is 0 Å². The number of benzene rings is 1. The molecule has 4 rings (SSSR count). The van der Waals surface area contributed by atoms with E-state index in [-0.39, 0.29) is 68.8 Å². The quantitative estimate of drug-likeness (QED) is 0.121. The average molecular weight is 747 g/mol. The van der Waals surface area contributed by atoms with Crippen molar-refractivity contribution in [2.75, 3.05) is 75.4 Å². The van der Waals surface area contributed by atoms with Crippen LogP contribution in [0.25, 0.3) is 0 Å². The minimum Gasteiger partial charge on any atom is -0.481 e. The molecule has 19 heteroatoms. The Morgan fingerprint density at radius 2 is 1.47 bits per heavy atom. The van der Waals surface area contributed by atoms with Crippen LogP contribution in [0.4, 0.5) is 34.4 Å². The summed E-state index contributed by atoms with van der Waals surface area (Å²) in [6.07, 6.45) is -1.85. The van der Waals surface area contributed by atoms with Gasteiger partial charge >= 0.3 is 24.2 Å². The molecule has 6 N–H and O–H groups in total. The highest BCUT2D eigenvalue weighted by Crippen LogP contribution is 2.34. The molecule has 288 valence electrons. The zero-order valence-electron chi connectivity index (χ0n) is 29.2. The first-order valence-corrected chi connectivity index (χ1v) is 17.5. The van der Waals surface area contributed by atoms with Gasteiger partial charge in [-0.2, -0.15) is 18.4 Å². The number of anilines is 2. The summed E-state index contributed by atoms with van der Waals surface area (Å²) in [6, 6.07) is 9.08. The first kappa shape index (κ1) is 40.4. The number of amides is 5. The number of carbonyl (C=O) groups is 4. The Morgan fingerprint density at radius 1 is 0.849 bits per heavy atom. The first-order chi connectivity index (χ1) is 25.4. The van der Waals surface area contributed by atoms with Crippen molar-refractivity contribution in [1.82, 2.24) is 36.6 Å². The van der Waals surface area contributed by atoms with Crippen LogP contribution in [0, 0.1) is 17.2 Å². The molecular formula is C34H45F3N10O6. The van der Waals surface area contributed by atoms with Crippen molar-refractivity contribution >= 4 is 35.6 Å². The summed E-state index contributed by atoms with van der Waals surface area (Å²) in [5.41, 5.74) is 1.48. The Labute approximate surface area is 304 Å². The number of carboxylic acid groups (broad SMARTS) is 1. The summed E-state index contributed by atoms with van der Waals surface area (Å²) in [7, 11) is 0. The Hall–Kier alpha value is -5.38. The summed E-state index contributed by atoms with van der Waals surface area (Å²) >= 11 is 0. The van der Waals surface area contributed by atoms with Crippen LogP contribution < -0.4 is 36.4 Å². The zero-order chi connectivity index (χ0) is 38.2. The highest BCUT2D eigenvalue weighted by molar-refractivity contribution is 5.86. The molecule has 0 unspecified atom stereocenters. The summed E-state index contributed by atoms with van der Waals surface area (Å²) < 4.78 is 47.0. The SMILES string of the molecule is N#Cc1ccc(CCNC(=O)[C@@H]2CCN2c2cc(N3CCC(CCNC(=O)NCCOCCNC(=O)NCCC(=O)O)CC3)nc(C(F)(F)F)n2)cc1. The number of rotatable bonds is 18. The second-order valence-corrected chi connectivity index (χ2v) is 12.6. The number of halogens is 3. The maximum Gasteiger partial charge on any atom is 0.451 e. The number of nitrogens with one attached hydrogen (secondary N) is 5.